The lowest BCUT2D eigenvalue weighted by atomic mass is 9.79. The second-order valence-electron chi connectivity index (χ2n) is 7.92. The van der Waals surface area contributed by atoms with E-state index < -0.39 is 0 Å². The van der Waals surface area contributed by atoms with Crippen LogP contribution in [0.25, 0.3) is 11.1 Å². The van der Waals surface area contributed by atoms with Crippen molar-refractivity contribution in [1.29, 1.82) is 0 Å². The van der Waals surface area contributed by atoms with Gasteiger partial charge in [0.2, 0.25) is 0 Å². The summed E-state index contributed by atoms with van der Waals surface area (Å²) in [6, 6.07) is 6.49. The quantitative estimate of drug-likeness (QED) is 0.928. The van der Waals surface area contributed by atoms with Crippen LogP contribution in [0.1, 0.15) is 44.6 Å². The highest BCUT2D eigenvalue weighted by atomic mass is 16.3. The number of nitrogens with one attached hydrogen (secondary N) is 1. The van der Waals surface area contributed by atoms with E-state index in [1.54, 1.807) is 0 Å². The van der Waals surface area contributed by atoms with Gasteiger partial charge in [-0.3, -0.25) is 0 Å². The van der Waals surface area contributed by atoms with Crippen molar-refractivity contribution in [2.75, 3.05) is 13.1 Å². The van der Waals surface area contributed by atoms with Gasteiger partial charge in [-0.15, -0.1) is 0 Å². The minimum absolute atomic E-state index is 0.612. The van der Waals surface area contributed by atoms with Crippen LogP contribution in [-0.4, -0.2) is 18.1 Å². The van der Waals surface area contributed by atoms with Crippen LogP contribution >= 0.6 is 0 Å². The molecule has 1 unspecified atom stereocenters. The Morgan fingerprint density at radius 1 is 1.36 bits per heavy atom. The highest BCUT2D eigenvalue weighted by Gasteiger charge is 2.43. The maximum atomic E-state index is 6.05. The summed E-state index contributed by atoms with van der Waals surface area (Å²) in [6.45, 7) is 6.94. The Balaban J connectivity index is 1.48. The third-order valence-corrected chi connectivity index (χ3v) is 5.41. The second kappa shape index (κ2) is 5.38. The van der Waals surface area contributed by atoms with Gasteiger partial charge < -0.3 is 9.73 Å². The van der Waals surface area contributed by atoms with Gasteiger partial charge in [-0.05, 0) is 60.6 Å². The molecule has 1 aromatic carbocycles. The average Bonchev–Trinajstić information content (AvgIpc) is 3.01. The van der Waals surface area contributed by atoms with Gasteiger partial charge in [-0.2, -0.15) is 0 Å². The lowest BCUT2D eigenvalue weighted by Crippen LogP contribution is -2.51. The first kappa shape index (κ1) is 14.3. The molecule has 2 aliphatic rings. The zero-order valence-corrected chi connectivity index (χ0v) is 13.7. The lowest BCUT2D eigenvalue weighted by Gasteiger charge is -2.39. The van der Waals surface area contributed by atoms with Crippen molar-refractivity contribution < 1.29 is 4.42 Å². The Labute approximate surface area is 132 Å². The molecule has 4 rings (SSSR count). The van der Waals surface area contributed by atoms with E-state index in [0.29, 0.717) is 11.3 Å². The maximum Gasteiger partial charge on any atom is 0.195 e. The van der Waals surface area contributed by atoms with E-state index in [0.717, 1.165) is 35.7 Å². The normalized spacial score (nSPS) is 23.5. The number of rotatable bonds is 4. The van der Waals surface area contributed by atoms with Crippen molar-refractivity contribution in [3.63, 3.8) is 0 Å². The van der Waals surface area contributed by atoms with Gasteiger partial charge in [-0.25, -0.2) is 4.98 Å². The highest BCUT2D eigenvalue weighted by Crippen LogP contribution is 2.45. The van der Waals surface area contributed by atoms with Gasteiger partial charge in [0, 0.05) is 19.5 Å². The van der Waals surface area contributed by atoms with Crippen LogP contribution in [0, 0.1) is 17.3 Å². The first-order valence-electron chi connectivity index (χ1n) is 8.71. The molecule has 0 radical (unpaired) electrons. The Kier molecular flexibility index (Phi) is 3.48. The molecule has 1 atom stereocenters. The minimum atomic E-state index is 0.612. The molecule has 3 nitrogen and oxygen atoms in total. The summed E-state index contributed by atoms with van der Waals surface area (Å²) >= 11 is 0. The van der Waals surface area contributed by atoms with Gasteiger partial charge in [-0.1, -0.05) is 19.9 Å². The molecular formula is C19H26N2O. The fourth-order valence-corrected chi connectivity index (χ4v) is 4.25. The number of oxazole rings is 1. The van der Waals surface area contributed by atoms with Crippen LogP contribution in [0.2, 0.25) is 0 Å². The first-order valence-corrected chi connectivity index (χ1v) is 8.71. The number of aromatic nitrogens is 1. The predicted molar refractivity (Wildman–Crippen MR) is 88.9 cm³/mol. The highest BCUT2D eigenvalue weighted by molar-refractivity contribution is 5.73. The van der Waals surface area contributed by atoms with E-state index in [-0.39, 0.29) is 0 Å². The molecule has 1 saturated heterocycles. The van der Waals surface area contributed by atoms with E-state index in [4.69, 9.17) is 9.40 Å². The molecule has 0 amide bonds. The van der Waals surface area contributed by atoms with E-state index in [9.17, 15) is 0 Å². The van der Waals surface area contributed by atoms with Crippen molar-refractivity contribution in [1.82, 2.24) is 10.3 Å². The van der Waals surface area contributed by atoms with E-state index in [1.807, 2.05) is 0 Å². The third kappa shape index (κ3) is 2.67. The molecule has 22 heavy (non-hydrogen) atoms. The molecule has 1 saturated carbocycles. The standard InChI is InChI=1S/C19H26N2O/c1-13(2)7-14-3-4-16-17(8-14)22-18(21-16)9-15-5-6-19(10-15)11-20-12-19/h3-4,8,13,15,20H,5-7,9-12H2,1-2H3. The fraction of sp³-hybridized carbons (Fsp3) is 0.632. The van der Waals surface area contributed by atoms with E-state index in [1.165, 1.54) is 37.9 Å². The van der Waals surface area contributed by atoms with Crippen molar-refractivity contribution in [2.24, 2.45) is 17.3 Å². The summed E-state index contributed by atoms with van der Waals surface area (Å²) in [5.41, 5.74) is 3.94. The second-order valence-corrected chi connectivity index (χ2v) is 7.92. The number of nitrogens with zero attached hydrogens (tertiary/aromatic N) is 1. The van der Waals surface area contributed by atoms with Crippen molar-refractivity contribution in [3.05, 3.63) is 29.7 Å². The molecule has 2 heterocycles. The topological polar surface area (TPSA) is 38.1 Å². The molecule has 1 N–H and O–H groups in total. The van der Waals surface area contributed by atoms with Crippen molar-refractivity contribution in [2.45, 2.75) is 46.0 Å². The number of fused-ring (bicyclic) bond motifs is 1. The van der Waals surface area contributed by atoms with Gasteiger partial charge in [0.15, 0.2) is 11.5 Å². The molecule has 1 aliphatic carbocycles. The Hall–Kier alpha value is -1.35. The van der Waals surface area contributed by atoms with Crippen LogP contribution in [0.4, 0.5) is 0 Å². The molecular weight excluding hydrogens is 272 g/mol. The lowest BCUT2D eigenvalue weighted by molar-refractivity contribution is 0.169. The average molecular weight is 298 g/mol. The summed E-state index contributed by atoms with van der Waals surface area (Å²) in [7, 11) is 0. The number of hydrogen-bond acceptors (Lipinski definition) is 3. The molecule has 1 spiro atoms. The largest absolute Gasteiger partial charge is 0.441 e. The van der Waals surface area contributed by atoms with Gasteiger partial charge in [0.25, 0.3) is 0 Å². The van der Waals surface area contributed by atoms with Crippen LogP contribution in [0.5, 0.6) is 0 Å². The zero-order chi connectivity index (χ0) is 15.2. The summed E-state index contributed by atoms with van der Waals surface area (Å²) in [4.78, 5) is 4.71. The summed E-state index contributed by atoms with van der Waals surface area (Å²) in [5.74, 6) is 2.36. The van der Waals surface area contributed by atoms with Gasteiger partial charge >= 0.3 is 0 Å². The fourth-order valence-electron chi connectivity index (χ4n) is 4.25. The van der Waals surface area contributed by atoms with Crippen LogP contribution < -0.4 is 5.32 Å². The van der Waals surface area contributed by atoms with Crippen molar-refractivity contribution in [3.8, 4) is 0 Å². The number of benzene rings is 1. The number of hydrogen-bond donors (Lipinski definition) is 1. The molecule has 0 bridgehead atoms. The van der Waals surface area contributed by atoms with Crippen LogP contribution in [0.15, 0.2) is 22.6 Å². The molecule has 3 heteroatoms. The summed E-state index contributed by atoms with van der Waals surface area (Å²) in [5, 5.41) is 3.43. The minimum Gasteiger partial charge on any atom is -0.441 e. The van der Waals surface area contributed by atoms with Gasteiger partial charge in [0.1, 0.15) is 5.52 Å². The molecule has 1 aromatic heterocycles. The SMILES string of the molecule is CC(C)Cc1ccc2nc(CC3CCC4(CNC4)C3)oc2c1. The first-order chi connectivity index (χ1) is 10.6. The predicted octanol–water partition coefficient (Wildman–Crippen LogP) is 3.96. The molecule has 2 aromatic rings. The van der Waals surface area contributed by atoms with Crippen LogP contribution in [-0.2, 0) is 12.8 Å². The van der Waals surface area contributed by atoms with E-state index >= 15 is 0 Å². The molecule has 1 aliphatic heterocycles. The maximum absolute atomic E-state index is 6.05. The van der Waals surface area contributed by atoms with Gasteiger partial charge in [0.05, 0.1) is 0 Å². The van der Waals surface area contributed by atoms with Crippen molar-refractivity contribution >= 4 is 11.1 Å². The Morgan fingerprint density at radius 3 is 2.91 bits per heavy atom. The monoisotopic (exact) mass is 298 g/mol. The Bertz CT molecular complexity index is 669. The Morgan fingerprint density at radius 2 is 2.23 bits per heavy atom. The summed E-state index contributed by atoms with van der Waals surface area (Å²) < 4.78 is 6.05. The molecule has 118 valence electrons. The van der Waals surface area contributed by atoms with Crippen LogP contribution in [0.3, 0.4) is 0 Å². The molecule has 2 fully saturated rings. The zero-order valence-electron chi connectivity index (χ0n) is 13.7. The smallest absolute Gasteiger partial charge is 0.195 e. The van der Waals surface area contributed by atoms with E-state index in [2.05, 4.69) is 37.4 Å². The third-order valence-electron chi connectivity index (χ3n) is 5.41. The summed E-state index contributed by atoms with van der Waals surface area (Å²) in [6.07, 6.45) is 6.17.